The minimum Gasteiger partial charge on any atom is -0.397 e. The highest BCUT2D eigenvalue weighted by molar-refractivity contribution is 9.10. The van der Waals surface area contributed by atoms with Gasteiger partial charge in [0.05, 0.1) is 11.4 Å². The monoisotopic (exact) mass is 319 g/mol. The molecule has 1 heterocycles. The molecule has 0 saturated carbocycles. The fourth-order valence-corrected chi connectivity index (χ4v) is 1.92. The molecule has 0 saturated heterocycles. The number of carbonyl (C=O) groups excluding carboxylic acids is 1. The van der Waals surface area contributed by atoms with Crippen LogP contribution in [0.5, 0.6) is 0 Å². The minimum atomic E-state index is -0.270. The number of nitrogens with one attached hydrogen (secondary N) is 1. The molecule has 5 heteroatoms. The molecule has 98 valence electrons. The number of halogens is 1. The first kappa shape index (κ1) is 13.5. The standard InChI is InChI=1S/C14H14BrN3O/c1-8-3-5-11(16)13(9(8)2)18-14(19)12-6-4-10(15)7-17-12/h3-7H,16H2,1-2H3,(H,18,19). The molecule has 0 spiro atoms. The lowest BCUT2D eigenvalue weighted by Crippen LogP contribution is -2.15. The van der Waals surface area contributed by atoms with Crippen LogP contribution >= 0.6 is 15.9 Å². The van der Waals surface area contributed by atoms with E-state index in [2.05, 4.69) is 26.2 Å². The third kappa shape index (κ3) is 2.93. The van der Waals surface area contributed by atoms with Crippen LogP contribution in [-0.4, -0.2) is 10.9 Å². The number of carbonyl (C=O) groups is 1. The number of hydrogen-bond donors (Lipinski definition) is 2. The van der Waals surface area contributed by atoms with E-state index < -0.39 is 0 Å². The topological polar surface area (TPSA) is 68.0 Å². The number of aromatic nitrogens is 1. The Kier molecular flexibility index (Phi) is 3.85. The number of hydrogen-bond acceptors (Lipinski definition) is 3. The average molecular weight is 320 g/mol. The van der Waals surface area contributed by atoms with Gasteiger partial charge in [0.2, 0.25) is 0 Å². The van der Waals surface area contributed by atoms with E-state index >= 15 is 0 Å². The fourth-order valence-electron chi connectivity index (χ4n) is 1.69. The van der Waals surface area contributed by atoms with Crippen molar-refractivity contribution < 1.29 is 4.79 Å². The van der Waals surface area contributed by atoms with E-state index in [9.17, 15) is 4.79 Å². The van der Waals surface area contributed by atoms with E-state index in [-0.39, 0.29) is 5.91 Å². The maximum absolute atomic E-state index is 12.1. The van der Waals surface area contributed by atoms with E-state index in [0.29, 0.717) is 17.1 Å². The first-order valence-electron chi connectivity index (χ1n) is 5.77. The molecule has 0 bridgehead atoms. The smallest absolute Gasteiger partial charge is 0.274 e. The predicted molar refractivity (Wildman–Crippen MR) is 80.2 cm³/mol. The molecule has 3 N–H and O–H groups in total. The van der Waals surface area contributed by atoms with E-state index in [4.69, 9.17) is 5.73 Å². The Bertz CT molecular complexity index is 623. The van der Waals surface area contributed by atoms with Gasteiger partial charge in [-0.15, -0.1) is 0 Å². The van der Waals surface area contributed by atoms with E-state index in [1.807, 2.05) is 19.9 Å². The summed E-state index contributed by atoms with van der Waals surface area (Å²) in [4.78, 5) is 16.2. The quantitative estimate of drug-likeness (QED) is 0.834. The highest BCUT2D eigenvalue weighted by Crippen LogP contribution is 2.26. The fraction of sp³-hybridized carbons (Fsp3) is 0.143. The lowest BCUT2D eigenvalue weighted by atomic mass is 10.1. The number of aryl methyl sites for hydroxylation is 1. The van der Waals surface area contributed by atoms with Crippen LogP contribution in [-0.2, 0) is 0 Å². The maximum Gasteiger partial charge on any atom is 0.274 e. The molecule has 2 aromatic rings. The van der Waals surface area contributed by atoms with Gasteiger partial charge in [-0.1, -0.05) is 6.07 Å². The second kappa shape index (κ2) is 5.40. The molecule has 0 fully saturated rings. The van der Waals surface area contributed by atoms with Crippen molar-refractivity contribution in [1.29, 1.82) is 0 Å². The lowest BCUT2D eigenvalue weighted by molar-refractivity contribution is 0.102. The lowest BCUT2D eigenvalue weighted by Gasteiger charge is -2.13. The summed E-state index contributed by atoms with van der Waals surface area (Å²) in [6.07, 6.45) is 1.58. The van der Waals surface area contributed by atoms with Crippen molar-refractivity contribution in [3.8, 4) is 0 Å². The molecule has 2 rings (SSSR count). The van der Waals surface area contributed by atoms with Gasteiger partial charge in [-0.3, -0.25) is 4.79 Å². The second-order valence-corrected chi connectivity index (χ2v) is 5.20. The highest BCUT2D eigenvalue weighted by atomic mass is 79.9. The zero-order chi connectivity index (χ0) is 14.0. The number of amides is 1. The zero-order valence-electron chi connectivity index (χ0n) is 10.7. The van der Waals surface area contributed by atoms with Gasteiger partial charge >= 0.3 is 0 Å². The number of nitrogens with zero attached hydrogens (tertiary/aromatic N) is 1. The number of rotatable bonds is 2. The van der Waals surface area contributed by atoms with Gasteiger partial charge in [-0.2, -0.15) is 0 Å². The molecule has 0 aliphatic heterocycles. The van der Waals surface area contributed by atoms with Crippen LogP contribution in [0.1, 0.15) is 21.6 Å². The predicted octanol–water partition coefficient (Wildman–Crippen LogP) is 3.30. The Morgan fingerprint density at radius 3 is 2.63 bits per heavy atom. The average Bonchev–Trinajstić information content (AvgIpc) is 2.40. The van der Waals surface area contributed by atoms with Gasteiger partial charge in [0.25, 0.3) is 5.91 Å². The van der Waals surface area contributed by atoms with Crippen LogP contribution < -0.4 is 11.1 Å². The molecule has 1 amide bonds. The van der Waals surface area contributed by atoms with Gasteiger partial charge in [0.15, 0.2) is 0 Å². The van der Waals surface area contributed by atoms with Crippen LogP contribution in [0.25, 0.3) is 0 Å². The summed E-state index contributed by atoms with van der Waals surface area (Å²) in [5.41, 5.74) is 9.49. The summed E-state index contributed by atoms with van der Waals surface area (Å²) in [5, 5.41) is 2.81. The Labute approximate surface area is 120 Å². The number of benzene rings is 1. The molecule has 0 atom stereocenters. The van der Waals surface area contributed by atoms with Gasteiger partial charge in [0, 0.05) is 10.7 Å². The van der Waals surface area contributed by atoms with Crippen molar-refractivity contribution >= 4 is 33.2 Å². The normalized spacial score (nSPS) is 10.3. The van der Waals surface area contributed by atoms with Crippen molar-refractivity contribution in [2.75, 3.05) is 11.1 Å². The van der Waals surface area contributed by atoms with Crippen molar-refractivity contribution in [2.24, 2.45) is 0 Å². The van der Waals surface area contributed by atoms with Gasteiger partial charge in [-0.05, 0) is 59.1 Å². The summed E-state index contributed by atoms with van der Waals surface area (Å²) in [6.45, 7) is 3.90. The molecule has 1 aromatic carbocycles. The van der Waals surface area contributed by atoms with Gasteiger partial charge in [-0.25, -0.2) is 4.98 Å². The largest absolute Gasteiger partial charge is 0.397 e. The van der Waals surface area contributed by atoms with Gasteiger partial charge < -0.3 is 11.1 Å². The molecular weight excluding hydrogens is 306 g/mol. The van der Waals surface area contributed by atoms with Crippen molar-refractivity contribution in [1.82, 2.24) is 4.98 Å². The van der Waals surface area contributed by atoms with Crippen LogP contribution in [0.15, 0.2) is 34.9 Å². The summed E-state index contributed by atoms with van der Waals surface area (Å²) >= 11 is 3.28. The van der Waals surface area contributed by atoms with Crippen LogP contribution in [0.2, 0.25) is 0 Å². The third-order valence-electron chi connectivity index (χ3n) is 2.97. The molecule has 0 aliphatic carbocycles. The molecule has 19 heavy (non-hydrogen) atoms. The summed E-state index contributed by atoms with van der Waals surface area (Å²) in [7, 11) is 0. The molecule has 0 radical (unpaired) electrons. The van der Waals surface area contributed by atoms with Crippen LogP contribution in [0.3, 0.4) is 0 Å². The Morgan fingerprint density at radius 2 is 2.00 bits per heavy atom. The Morgan fingerprint density at radius 1 is 1.26 bits per heavy atom. The molecule has 0 aliphatic rings. The molecule has 4 nitrogen and oxygen atoms in total. The first-order valence-corrected chi connectivity index (χ1v) is 6.57. The third-order valence-corrected chi connectivity index (χ3v) is 3.44. The van der Waals surface area contributed by atoms with Crippen LogP contribution in [0.4, 0.5) is 11.4 Å². The Hall–Kier alpha value is -1.88. The maximum atomic E-state index is 12.1. The SMILES string of the molecule is Cc1ccc(N)c(NC(=O)c2ccc(Br)cn2)c1C. The zero-order valence-corrected chi connectivity index (χ0v) is 12.3. The minimum absolute atomic E-state index is 0.270. The van der Waals surface area contributed by atoms with E-state index in [1.54, 1.807) is 24.4 Å². The van der Waals surface area contributed by atoms with E-state index in [0.717, 1.165) is 15.6 Å². The summed E-state index contributed by atoms with van der Waals surface area (Å²) < 4.78 is 0.829. The van der Waals surface area contributed by atoms with Crippen molar-refractivity contribution in [2.45, 2.75) is 13.8 Å². The highest BCUT2D eigenvalue weighted by Gasteiger charge is 2.12. The first-order chi connectivity index (χ1) is 8.99. The molecule has 0 unspecified atom stereocenters. The van der Waals surface area contributed by atoms with Crippen molar-refractivity contribution in [3.63, 3.8) is 0 Å². The van der Waals surface area contributed by atoms with Gasteiger partial charge in [0.1, 0.15) is 5.69 Å². The molecular formula is C14H14BrN3O. The number of anilines is 2. The number of pyridine rings is 1. The van der Waals surface area contributed by atoms with E-state index in [1.165, 1.54) is 0 Å². The Balaban J connectivity index is 2.29. The number of nitrogens with two attached hydrogens (primary N) is 1. The van der Waals surface area contributed by atoms with Crippen molar-refractivity contribution in [3.05, 3.63) is 51.8 Å². The van der Waals surface area contributed by atoms with Crippen LogP contribution in [0, 0.1) is 13.8 Å². The number of nitrogen functional groups attached to an aromatic ring is 1. The molecule has 1 aromatic heterocycles. The summed E-state index contributed by atoms with van der Waals surface area (Å²) in [5.74, 6) is -0.270. The summed E-state index contributed by atoms with van der Waals surface area (Å²) in [6, 6.07) is 7.14. The second-order valence-electron chi connectivity index (χ2n) is 4.29.